The molecule has 0 atom stereocenters. The van der Waals surface area contributed by atoms with Crippen LogP contribution in [0.4, 0.5) is 10.5 Å². The number of anilines is 1. The zero-order chi connectivity index (χ0) is 14.5. The Labute approximate surface area is 131 Å². The van der Waals surface area contributed by atoms with E-state index in [4.69, 9.17) is 11.6 Å². The molecule has 2 N–H and O–H groups in total. The summed E-state index contributed by atoms with van der Waals surface area (Å²) < 4.78 is 0.972. The van der Waals surface area contributed by atoms with Crippen molar-refractivity contribution in [3.8, 4) is 0 Å². The second kappa shape index (κ2) is 6.77. The van der Waals surface area contributed by atoms with Gasteiger partial charge in [-0.05, 0) is 36.2 Å². The first kappa shape index (κ1) is 14.9. The van der Waals surface area contributed by atoms with Crippen LogP contribution in [-0.4, -0.2) is 6.03 Å². The van der Waals surface area contributed by atoms with E-state index in [0.717, 1.165) is 15.6 Å². The minimum Gasteiger partial charge on any atom is -0.334 e. The van der Waals surface area contributed by atoms with E-state index in [2.05, 4.69) is 26.6 Å². The van der Waals surface area contributed by atoms with Gasteiger partial charge >= 0.3 is 6.03 Å². The standard InChI is InChI=1S/C15H14BrClN2O/c1-10-6-7-12(17)8-14(10)19-15(20)18-9-11-4-2-3-5-13(11)16/h2-8H,9H2,1H3,(H2,18,19,20). The number of aryl methyl sites for hydroxylation is 1. The molecule has 0 aliphatic carbocycles. The van der Waals surface area contributed by atoms with Gasteiger partial charge in [-0.3, -0.25) is 0 Å². The minimum atomic E-state index is -0.258. The first-order chi connectivity index (χ1) is 9.56. The first-order valence-corrected chi connectivity index (χ1v) is 7.28. The molecule has 5 heteroatoms. The molecule has 20 heavy (non-hydrogen) atoms. The average molecular weight is 354 g/mol. The molecule has 2 amide bonds. The fourth-order valence-corrected chi connectivity index (χ4v) is 2.31. The molecule has 2 rings (SSSR count). The summed E-state index contributed by atoms with van der Waals surface area (Å²) >= 11 is 9.36. The number of hydrogen-bond acceptors (Lipinski definition) is 1. The van der Waals surface area contributed by atoms with Gasteiger partial charge in [-0.25, -0.2) is 4.79 Å². The summed E-state index contributed by atoms with van der Waals surface area (Å²) in [7, 11) is 0. The Kier molecular flexibility index (Phi) is 5.04. The predicted octanol–water partition coefficient (Wildman–Crippen LogP) is 4.73. The van der Waals surface area contributed by atoms with E-state index in [1.165, 1.54) is 0 Å². The van der Waals surface area contributed by atoms with E-state index >= 15 is 0 Å². The molecule has 0 aliphatic rings. The zero-order valence-corrected chi connectivity index (χ0v) is 13.3. The second-order valence-corrected chi connectivity index (χ2v) is 5.65. The summed E-state index contributed by atoms with van der Waals surface area (Å²) in [6.07, 6.45) is 0. The molecule has 0 unspecified atom stereocenters. The lowest BCUT2D eigenvalue weighted by Crippen LogP contribution is -2.28. The zero-order valence-electron chi connectivity index (χ0n) is 10.9. The van der Waals surface area contributed by atoms with Gasteiger partial charge in [0.05, 0.1) is 0 Å². The van der Waals surface area contributed by atoms with Gasteiger partial charge in [0.1, 0.15) is 0 Å². The maximum absolute atomic E-state index is 11.9. The quantitative estimate of drug-likeness (QED) is 0.822. The molecule has 0 saturated carbocycles. The van der Waals surface area contributed by atoms with Gasteiger partial charge in [0.2, 0.25) is 0 Å². The van der Waals surface area contributed by atoms with E-state index in [0.29, 0.717) is 17.3 Å². The maximum atomic E-state index is 11.9. The van der Waals surface area contributed by atoms with Crippen LogP contribution in [0.15, 0.2) is 46.9 Å². The molecule has 0 spiro atoms. The topological polar surface area (TPSA) is 41.1 Å². The molecule has 0 aliphatic heterocycles. The second-order valence-electron chi connectivity index (χ2n) is 4.36. The molecule has 0 radical (unpaired) electrons. The summed E-state index contributed by atoms with van der Waals surface area (Å²) in [6.45, 7) is 2.37. The van der Waals surface area contributed by atoms with Gasteiger partial charge in [0.15, 0.2) is 0 Å². The molecule has 2 aromatic carbocycles. The Morgan fingerprint density at radius 2 is 2.00 bits per heavy atom. The van der Waals surface area contributed by atoms with Crippen LogP contribution in [-0.2, 0) is 6.54 Å². The van der Waals surface area contributed by atoms with Crippen molar-refractivity contribution in [2.75, 3.05) is 5.32 Å². The number of urea groups is 1. The number of hydrogen-bond donors (Lipinski definition) is 2. The van der Waals surface area contributed by atoms with Gasteiger partial charge in [0, 0.05) is 21.7 Å². The molecule has 0 saturated heterocycles. The van der Waals surface area contributed by atoms with Crippen LogP contribution >= 0.6 is 27.5 Å². The number of benzene rings is 2. The summed E-state index contributed by atoms with van der Waals surface area (Å²) in [4.78, 5) is 11.9. The van der Waals surface area contributed by atoms with Crippen molar-refractivity contribution in [1.29, 1.82) is 0 Å². The fraction of sp³-hybridized carbons (Fsp3) is 0.133. The lowest BCUT2D eigenvalue weighted by atomic mass is 10.2. The maximum Gasteiger partial charge on any atom is 0.319 e. The van der Waals surface area contributed by atoms with Crippen LogP contribution in [0.5, 0.6) is 0 Å². The van der Waals surface area contributed by atoms with E-state index in [9.17, 15) is 4.79 Å². The van der Waals surface area contributed by atoms with Crippen LogP contribution < -0.4 is 10.6 Å². The van der Waals surface area contributed by atoms with E-state index in [-0.39, 0.29) is 6.03 Å². The van der Waals surface area contributed by atoms with Gasteiger partial charge in [-0.2, -0.15) is 0 Å². The van der Waals surface area contributed by atoms with Crippen molar-refractivity contribution >= 4 is 39.2 Å². The molecule has 104 valence electrons. The average Bonchev–Trinajstić information content (AvgIpc) is 2.42. The normalized spacial score (nSPS) is 10.2. The van der Waals surface area contributed by atoms with Crippen LogP contribution in [0.25, 0.3) is 0 Å². The van der Waals surface area contributed by atoms with Crippen LogP contribution in [0.3, 0.4) is 0 Å². The molecule has 0 bridgehead atoms. The first-order valence-electron chi connectivity index (χ1n) is 6.10. The highest BCUT2D eigenvalue weighted by Crippen LogP contribution is 2.20. The number of amides is 2. The molecular weight excluding hydrogens is 340 g/mol. The Hall–Kier alpha value is -1.52. The van der Waals surface area contributed by atoms with Crippen molar-refractivity contribution in [3.63, 3.8) is 0 Å². The smallest absolute Gasteiger partial charge is 0.319 e. The molecule has 0 fully saturated rings. The molecule has 0 aromatic heterocycles. The Balaban J connectivity index is 1.96. The summed E-state index contributed by atoms with van der Waals surface area (Å²) in [5.41, 5.74) is 2.69. The van der Waals surface area contributed by atoms with Gasteiger partial charge in [0.25, 0.3) is 0 Å². The third kappa shape index (κ3) is 3.99. The van der Waals surface area contributed by atoms with Crippen LogP contribution in [0, 0.1) is 6.92 Å². The summed E-state index contributed by atoms with van der Waals surface area (Å²) in [6, 6.07) is 12.9. The van der Waals surface area contributed by atoms with Crippen molar-refractivity contribution in [2.24, 2.45) is 0 Å². The third-order valence-electron chi connectivity index (χ3n) is 2.85. The Morgan fingerprint density at radius 1 is 1.25 bits per heavy atom. The van der Waals surface area contributed by atoms with Crippen LogP contribution in [0.1, 0.15) is 11.1 Å². The SMILES string of the molecule is Cc1ccc(Cl)cc1NC(=O)NCc1ccccc1Br. The van der Waals surface area contributed by atoms with Crippen LogP contribution in [0.2, 0.25) is 5.02 Å². The summed E-state index contributed by atoms with van der Waals surface area (Å²) in [5, 5.41) is 6.20. The summed E-state index contributed by atoms with van der Waals surface area (Å²) in [5.74, 6) is 0. The molecular formula is C15H14BrClN2O. The third-order valence-corrected chi connectivity index (χ3v) is 3.85. The lowest BCUT2D eigenvalue weighted by molar-refractivity contribution is 0.251. The number of nitrogens with one attached hydrogen (secondary N) is 2. The van der Waals surface area contributed by atoms with Gasteiger partial charge < -0.3 is 10.6 Å². The fourth-order valence-electron chi connectivity index (χ4n) is 1.71. The van der Waals surface area contributed by atoms with E-state index in [1.54, 1.807) is 12.1 Å². The number of carbonyl (C=O) groups is 1. The number of rotatable bonds is 3. The number of halogens is 2. The van der Waals surface area contributed by atoms with Gasteiger partial charge in [-0.1, -0.05) is 51.8 Å². The minimum absolute atomic E-state index is 0.258. The monoisotopic (exact) mass is 352 g/mol. The lowest BCUT2D eigenvalue weighted by Gasteiger charge is -2.11. The molecule has 3 nitrogen and oxygen atoms in total. The molecule has 0 heterocycles. The van der Waals surface area contributed by atoms with E-state index in [1.807, 2.05) is 37.3 Å². The molecule has 2 aromatic rings. The van der Waals surface area contributed by atoms with Crippen molar-refractivity contribution in [3.05, 3.63) is 63.1 Å². The van der Waals surface area contributed by atoms with Crippen molar-refractivity contribution < 1.29 is 4.79 Å². The highest BCUT2D eigenvalue weighted by atomic mass is 79.9. The Morgan fingerprint density at radius 3 is 2.75 bits per heavy atom. The largest absolute Gasteiger partial charge is 0.334 e. The highest BCUT2D eigenvalue weighted by molar-refractivity contribution is 9.10. The van der Waals surface area contributed by atoms with E-state index < -0.39 is 0 Å². The number of carbonyl (C=O) groups excluding carboxylic acids is 1. The van der Waals surface area contributed by atoms with Crippen molar-refractivity contribution in [2.45, 2.75) is 13.5 Å². The Bertz CT molecular complexity index is 631. The predicted molar refractivity (Wildman–Crippen MR) is 86.2 cm³/mol. The van der Waals surface area contributed by atoms with Crippen molar-refractivity contribution in [1.82, 2.24) is 5.32 Å². The van der Waals surface area contributed by atoms with Gasteiger partial charge in [-0.15, -0.1) is 0 Å². The highest BCUT2D eigenvalue weighted by Gasteiger charge is 2.06.